The van der Waals surface area contributed by atoms with Crippen LogP contribution in [0.3, 0.4) is 0 Å². The lowest BCUT2D eigenvalue weighted by Gasteiger charge is -2.33. The molecule has 0 radical (unpaired) electrons. The van der Waals surface area contributed by atoms with Crippen LogP contribution >= 0.6 is 0 Å². The molecule has 0 unspecified atom stereocenters. The van der Waals surface area contributed by atoms with Crippen molar-refractivity contribution in [2.24, 2.45) is 10.6 Å². The minimum absolute atomic E-state index is 0.204. The molecule has 0 spiro atoms. The summed E-state index contributed by atoms with van der Waals surface area (Å²) < 4.78 is 22.8. The normalized spacial score (nSPS) is 21.2. The number of benzene rings is 1. The van der Waals surface area contributed by atoms with E-state index in [-0.39, 0.29) is 11.3 Å². The van der Waals surface area contributed by atoms with Gasteiger partial charge < -0.3 is 4.90 Å². The zero-order chi connectivity index (χ0) is 16.5. The number of amides is 1. The number of aryl methyl sites for hydroxylation is 1. The van der Waals surface area contributed by atoms with Crippen molar-refractivity contribution in [1.82, 2.24) is 4.90 Å². The van der Waals surface area contributed by atoms with E-state index in [1.54, 1.807) is 0 Å². The molecule has 1 heterocycles. The topological polar surface area (TPSA) is 80.5 Å². The Hall–Kier alpha value is -1.40. The second-order valence-electron chi connectivity index (χ2n) is 6.85. The van der Waals surface area contributed by atoms with Crippen molar-refractivity contribution in [3.05, 3.63) is 35.9 Å². The second kappa shape index (κ2) is 6.24. The van der Waals surface area contributed by atoms with Crippen molar-refractivity contribution < 1.29 is 13.2 Å². The van der Waals surface area contributed by atoms with Gasteiger partial charge in [-0.2, -0.15) is 0 Å². The number of hydrogen-bond donors (Lipinski definition) is 1. The predicted octanol–water partition coefficient (Wildman–Crippen LogP) is 1.68. The first-order chi connectivity index (χ1) is 10.9. The SMILES string of the molecule is NS(=O)(=O)C1CCN(C(=O)C2(CCc3ccccc3)CC2)CC1. The van der Waals surface area contributed by atoms with E-state index in [4.69, 9.17) is 5.14 Å². The van der Waals surface area contributed by atoms with Gasteiger partial charge in [0, 0.05) is 18.5 Å². The summed E-state index contributed by atoms with van der Waals surface area (Å²) in [7, 11) is -3.48. The average molecular weight is 336 g/mol. The van der Waals surface area contributed by atoms with Gasteiger partial charge in [0.1, 0.15) is 0 Å². The number of piperidine rings is 1. The maximum absolute atomic E-state index is 12.8. The first-order valence-electron chi connectivity index (χ1n) is 8.26. The molecule has 2 aliphatic rings. The van der Waals surface area contributed by atoms with Gasteiger partial charge in [-0.05, 0) is 44.1 Å². The molecule has 1 saturated heterocycles. The molecular formula is C17H24N2O3S. The third kappa shape index (κ3) is 3.75. The Bertz CT molecular complexity index is 660. The molecule has 1 aromatic carbocycles. The highest BCUT2D eigenvalue weighted by molar-refractivity contribution is 7.89. The molecule has 1 amide bonds. The summed E-state index contributed by atoms with van der Waals surface area (Å²) in [5.74, 6) is 0.210. The van der Waals surface area contributed by atoms with Gasteiger partial charge in [0.2, 0.25) is 15.9 Å². The highest BCUT2D eigenvalue weighted by Gasteiger charge is 2.51. The number of nitrogens with zero attached hydrogens (tertiary/aromatic N) is 1. The largest absolute Gasteiger partial charge is 0.342 e. The van der Waals surface area contributed by atoms with Crippen molar-refractivity contribution in [3.8, 4) is 0 Å². The first-order valence-corrected chi connectivity index (χ1v) is 9.87. The quantitative estimate of drug-likeness (QED) is 0.888. The van der Waals surface area contributed by atoms with E-state index in [1.165, 1.54) is 5.56 Å². The number of sulfonamides is 1. The molecular weight excluding hydrogens is 312 g/mol. The lowest BCUT2D eigenvalue weighted by atomic mass is 9.94. The van der Waals surface area contributed by atoms with Gasteiger partial charge in [-0.25, -0.2) is 13.6 Å². The molecule has 1 aliphatic heterocycles. The third-order valence-corrected chi connectivity index (χ3v) is 6.64. The monoisotopic (exact) mass is 336 g/mol. The van der Waals surface area contributed by atoms with Crippen LogP contribution in [-0.2, 0) is 21.2 Å². The highest BCUT2D eigenvalue weighted by Crippen LogP contribution is 2.51. The highest BCUT2D eigenvalue weighted by atomic mass is 32.2. The molecule has 1 aromatic rings. The lowest BCUT2D eigenvalue weighted by Crippen LogP contribution is -2.46. The van der Waals surface area contributed by atoms with Gasteiger partial charge in [0.05, 0.1) is 5.25 Å². The van der Waals surface area contributed by atoms with E-state index in [2.05, 4.69) is 12.1 Å². The maximum Gasteiger partial charge on any atom is 0.228 e. The van der Waals surface area contributed by atoms with E-state index in [1.807, 2.05) is 23.1 Å². The summed E-state index contributed by atoms with van der Waals surface area (Å²) in [6, 6.07) is 10.2. The van der Waals surface area contributed by atoms with Gasteiger partial charge in [-0.15, -0.1) is 0 Å². The molecule has 2 N–H and O–H groups in total. The molecule has 0 bridgehead atoms. The number of rotatable bonds is 5. The summed E-state index contributed by atoms with van der Waals surface area (Å²) in [6.07, 6.45) is 4.62. The van der Waals surface area contributed by atoms with Crippen LogP contribution in [0.1, 0.15) is 37.7 Å². The summed E-state index contributed by atoms with van der Waals surface area (Å²) in [5, 5.41) is 4.72. The van der Waals surface area contributed by atoms with Crippen LogP contribution in [0.25, 0.3) is 0 Å². The Kier molecular flexibility index (Phi) is 4.47. The van der Waals surface area contributed by atoms with Crippen LogP contribution in [0, 0.1) is 5.41 Å². The van der Waals surface area contributed by atoms with Crippen LogP contribution in [0.5, 0.6) is 0 Å². The Labute approximate surface area is 137 Å². The molecule has 126 valence electrons. The number of carbonyl (C=O) groups excluding carboxylic acids is 1. The standard InChI is InChI=1S/C17H24N2O3S/c18-23(21,22)15-7-12-19(13-8-15)16(20)17(10-11-17)9-6-14-4-2-1-3-5-14/h1-5,15H,6-13H2,(H2,18,21,22). The van der Waals surface area contributed by atoms with Gasteiger partial charge >= 0.3 is 0 Å². The van der Waals surface area contributed by atoms with Gasteiger partial charge in [-0.3, -0.25) is 4.79 Å². The van der Waals surface area contributed by atoms with Crippen LogP contribution in [0.2, 0.25) is 0 Å². The minimum atomic E-state index is -3.48. The fraction of sp³-hybridized carbons (Fsp3) is 0.588. The number of nitrogens with two attached hydrogens (primary N) is 1. The molecule has 23 heavy (non-hydrogen) atoms. The van der Waals surface area contributed by atoms with E-state index in [0.29, 0.717) is 25.9 Å². The summed E-state index contributed by atoms with van der Waals surface area (Å²) in [5.41, 5.74) is 1.06. The number of primary sulfonamides is 1. The van der Waals surface area contributed by atoms with Crippen LogP contribution in [0.15, 0.2) is 30.3 Å². The molecule has 2 fully saturated rings. The molecule has 5 nitrogen and oxygen atoms in total. The van der Waals surface area contributed by atoms with E-state index >= 15 is 0 Å². The third-order valence-electron chi connectivity index (χ3n) is 5.24. The second-order valence-corrected chi connectivity index (χ2v) is 8.69. The smallest absolute Gasteiger partial charge is 0.228 e. The van der Waals surface area contributed by atoms with Crippen LogP contribution < -0.4 is 5.14 Å². The van der Waals surface area contributed by atoms with Crippen LogP contribution in [0.4, 0.5) is 0 Å². The van der Waals surface area contributed by atoms with E-state index in [0.717, 1.165) is 25.7 Å². The fourth-order valence-electron chi connectivity index (χ4n) is 3.47. The van der Waals surface area contributed by atoms with E-state index in [9.17, 15) is 13.2 Å². The van der Waals surface area contributed by atoms with Crippen LogP contribution in [-0.4, -0.2) is 37.6 Å². The summed E-state index contributed by atoms with van der Waals surface area (Å²) in [4.78, 5) is 14.7. The molecule has 3 rings (SSSR count). The number of carbonyl (C=O) groups is 1. The average Bonchev–Trinajstić information content (AvgIpc) is 3.34. The van der Waals surface area contributed by atoms with Gasteiger partial charge in [0.15, 0.2) is 0 Å². The van der Waals surface area contributed by atoms with Crippen molar-refractivity contribution >= 4 is 15.9 Å². The van der Waals surface area contributed by atoms with E-state index < -0.39 is 15.3 Å². The van der Waals surface area contributed by atoms with Crippen molar-refractivity contribution in [2.45, 2.75) is 43.8 Å². The summed E-state index contributed by atoms with van der Waals surface area (Å²) >= 11 is 0. The van der Waals surface area contributed by atoms with Gasteiger partial charge in [0.25, 0.3) is 0 Å². The minimum Gasteiger partial charge on any atom is -0.342 e. The Morgan fingerprint density at radius 2 is 1.78 bits per heavy atom. The number of hydrogen-bond acceptors (Lipinski definition) is 3. The van der Waals surface area contributed by atoms with Crippen molar-refractivity contribution in [1.29, 1.82) is 0 Å². The molecule has 0 atom stereocenters. The zero-order valence-electron chi connectivity index (χ0n) is 13.3. The first kappa shape index (κ1) is 16.5. The fourth-order valence-corrected chi connectivity index (χ4v) is 4.34. The Balaban J connectivity index is 1.56. The zero-order valence-corrected chi connectivity index (χ0v) is 14.1. The van der Waals surface area contributed by atoms with Crippen molar-refractivity contribution in [2.75, 3.05) is 13.1 Å². The van der Waals surface area contributed by atoms with Crippen molar-refractivity contribution in [3.63, 3.8) is 0 Å². The lowest BCUT2D eigenvalue weighted by molar-refractivity contribution is -0.138. The molecule has 6 heteroatoms. The summed E-state index contributed by atoms with van der Waals surface area (Å²) in [6.45, 7) is 1.01. The Morgan fingerprint density at radius 3 is 2.30 bits per heavy atom. The number of likely N-dealkylation sites (tertiary alicyclic amines) is 1. The molecule has 0 aromatic heterocycles. The van der Waals surface area contributed by atoms with Gasteiger partial charge in [-0.1, -0.05) is 30.3 Å². The predicted molar refractivity (Wildman–Crippen MR) is 89.1 cm³/mol. The molecule has 1 aliphatic carbocycles. The molecule has 1 saturated carbocycles. The maximum atomic E-state index is 12.8. The Morgan fingerprint density at radius 1 is 1.17 bits per heavy atom.